The van der Waals surface area contributed by atoms with Crippen molar-refractivity contribution in [2.45, 2.75) is 45.4 Å². The minimum absolute atomic E-state index is 0.0674. The van der Waals surface area contributed by atoms with Crippen molar-refractivity contribution in [1.82, 2.24) is 10.2 Å². The summed E-state index contributed by atoms with van der Waals surface area (Å²) in [6, 6.07) is 1.37. The molecule has 0 bridgehead atoms. The molecular formula is C17H20ClFN2O5. The fraction of sp³-hybridized carbons (Fsp3) is 0.471. The molecule has 1 heterocycles. The molecule has 2 rings (SSSR count). The predicted molar refractivity (Wildman–Crippen MR) is 91.6 cm³/mol. The second-order valence-electron chi connectivity index (χ2n) is 7.00. The Morgan fingerprint density at radius 3 is 2.58 bits per heavy atom. The van der Waals surface area contributed by atoms with E-state index in [1.165, 1.54) is 4.90 Å². The number of carbonyl (C=O) groups is 3. The van der Waals surface area contributed by atoms with Crippen LogP contribution < -0.4 is 5.32 Å². The van der Waals surface area contributed by atoms with Gasteiger partial charge < -0.3 is 15.2 Å². The first-order valence-electron chi connectivity index (χ1n) is 7.95. The largest absolute Gasteiger partial charge is 0.478 e. The summed E-state index contributed by atoms with van der Waals surface area (Å²) >= 11 is 6.08. The van der Waals surface area contributed by atoms with Crippen molar-refractivity contribution >= 4 is 29.6 Å². The molecule has 0 saturated carbocycles. The van der Waals surface area contributed by atoms with Gasteiger partial charge in [-0.3, -0.25) is 9.69 Å². The highest BCUT2D eigenvalue weighted by Gasteiger charge is 2.34. The van der Waals surface area contributed by atoms with E-state index in [9.17, 15) is 18.8 Å². The second-order valence-corrected chi connectivity index (χ2v) is 7.38. The lowest BCUT2D eigenvalue weighted by atomic mass is 10.1. The molecule has 26 heavy (non-hydrogen) atoms. The molecule has 7 nitrogen and oxygen atoms in total. The van der Waals surface area contributed by atoms with E-state index in [-0.39, 0.29) is 36.0 Å². The maximum atomic E-state index is 13.8. The van der Waals surface area contributed by atoms with Gasteiger partial charge in [-0.15, -0.1) is 0 Å². The lowest BCUT2D eigenvalue weighted by molar-refractivity contribution is -0.119. The summed E-state index contributed by atoms with van der Waals surface area (Å²) in [5, 5.41) is 11.6. The lowest BCUT2D eigenvalue weighted by Crippen LogP contribution is -2.44. The number of amides is 2. The standard InChI is InChI=1S/C17H20ClFN2O5/c1-17(2,3)26-16(25)21(11-6-13(22)20-7-11)8-9-4-10(19)5-12(14(9)18)15(23)24/h4-5,11H,6-8H2,1-3H3,(H,20,22)(H,23,24). The number of halogens is 2. The molecule has 2 amide bonds. The van der Waals surface area contributed by atoms with Crippen LogP contribution >= 0.6 is 11.6 Å². The first kappa shape index (κ1) is 20.0. The molecule has 1 fully saturated rings. The van der Waals surface area contributed by atoms with Gasteiger partial charge in [0, 0.05) is 13.0 Å². The van der Waals surface area contributed by atoms with E-state index in [4.69, 9.17) is 21.4 Å². The minimum atomic E-state index is -1.38. The fourth-order valence-corrected chi connectivity index (χ4v) is 2.82. The molecule has 0 spiro atoms. The highest BCUT2D eigenvalue weighted by molar-refractivity contribution is 6.34. The Labute approximate surface area is 155 Å². The fourth-order valence-electron chi connectivity index (χ4n) is 2.57. The van der Waals surface area contributed by atoms with Crippen molar-refractivity contribution in [3.63, 3.8) is 0 Å². The van der Waals surface area contributed by atoms with Gasteiger partial charge in [0.15, 0.2) is 0 Å². The molecule has 2 N–H and O–H groups in total. The molecule has 1 aliphatic heterocycles. The van der Waals surface area contributed by atoms with E-state index in [1.54, 1.807) is 20.8 Å². The van der Waals surface area contributed by atoms with Gasteiger partial charge in [0.2, 0.25) is 5.91 Å². The first-order chi connectivity index (χ1) is 12.0. The number of hydrogen-bond donors (Lipinski definition) is 2. The van der Waals surface area contributed by atoms with E-state index in [1.807, 2.05) is 0 Å². The van der Waals surface area contributed by atoms with Crippen LogP contribution in [0.15, 0.2) is 12.1 Å². The Kier molecular flexibility index (Phi) is 5.75. The molecule has 1 atom stereocenters. The minimum Gasteiger partial charge on any atom is -0.478 e. The van der Waals surface area contributed by atoms with Crippen LogP contribution in [0, 0.1) is 5.82 Å². The van der Waals surface area contributed by atoms with Gasteiger partial charge in [0.25, 0.3) is 0 Å². The van der Waals surface area contributed by atoms with Crippen molar-refractivity contribution in [3.05, 3.63) is 34.1 Å². The lowest BCUT2D eigenvalue weighted by Gasteiger charge is -2.31. The molecule has 1 saturated heterocycles. The van der Waals surface area contributed by atoms with Gasteiger partial charge in [-0.05, 0) is 38.5 Å². The third-order valence-electron chi connectivity index (χ3n) is 3.71. The monoisotopic (exact) mass is 386 g/mol. The Balaban J connectivity index is 2.36. The van der Waals surface area contributed by atoms with E-state index < -0.39 is 35.1 Å². The van der Waals surface area contributed by atoms with Gasteiger partial charge in [-0.1, -0.05) is 11.6 Å². The smallest absolute Gasteiger partial charge is 0.410 e. The summed E-state index contributed by atoms with van der Waals surface area (Å²) in [7, 11) is 0. The molecule has 1 aromatic carbocycles. The number of rotatable bonds is 4. The van der Waals surface area contributed by atoms with Crippen LogP contribution in [0.2, 0.25) is 5.02 Å². The number of carboxylic acids is 1. The van der Waals surface area contributed by atoms with Crippen molar-refractivity contribution < 1.29 is 28.6 Å². The van der Waals surface area contributed by atoms with Crippen LogP contribution in [-0.4, -0.2) is 46.2 Å². The van der Waals surface area contributed by atoms with Crippen LogP contribution in [0.4, 0.5) is 9.18 Å². The van der Waals surface area contributed by atoms with Crippen LogP contribution in [0.5, 0.6) is 0 Å². The number of nitrogens with one attached hydrogen (secondary N) is 1. The molecule has 0 aromatic heterocycles. The van der Waals surface area contributed by atoms with Gasteiger partial charge >= 0.3 is 12.1 Å². The van der Waals surface area contributed by atoms with Crippen LogP contribution in [0.25, 0.3) is 0 Å². The molecule has 1 unspecified atom stereocenters. The Morgan fingerprint density at radius 2 is 2.08 bits per heavy atom. The van der Waals surface area contributed by atoms with Crippen LogP contribution in [0.1, 0.15) is 43.1 Å². The quantitative estimate of drug-likeness (QED) is 0.829. The van der Waals surface area contributed by atoms with Gasteiger partial charge in [0.05, 0.1) is 23.2 Å². The average Bonchev–Trinajstić information content (AvgIpc) is 2.91. The van der Waals surface area contributed by atoms with E-state index in [0.29, 0.717) is 0 Å². The zero-order chi connectivity index (χ0) is 19.6. The number of ether oxygens (including phenoxy) is 1. The van der Waals surface area contributed by atoms with Crippen molar-refractivity contribution in [2.75, 3.05) is 6.54 Å². The normalized spacial score (nSPS) is 17.0. The third-order valence-corrected chi connectivity index (χ3v) is 4.15. The topological polar surface area (TPSA) is 95.9 Å². The summed E-state index contributed by atoms with van der Waals surface area (Å²) in [6.07, 6.45) is -0.631. The predicted octanol–water partition coefficient (Wildman–Crippen LogP) is 2.80. The number of carboxylic acid groups (broad SMARTS) is 1. The van der Waals surface area contributed by atoms with Crippen LogP contribution in [0.3, 0.4) is 0 Å². The van der Waals surface area contributed by atoms with Crippen molar-refractivity contribution in [3.8, 4) is 0 Å². The second kappa shape index (κ2) is 7.49. The molecule has 1 aliphatic rings. The Bertz CT molecular complexity index is 747. The average molecular weight is 387 g/mol. The summed E-state index contributed by atoms with van der Waals surface area (Å²) in [4.78, 5) is 36.6. The molecule has 0 aliphatic carbocycles. The number of aromatic carboxylic acids is 1. The van der Waals surface area contributed by atoms with E-state index >= 15 is 0 Å². The highest BCUT2D eigenvalue weighted by atomic mass is 35.5. The van der Waals surface area contributed by atoms with E-state index in [2.05, 4.69) is 5.32 Å². The van der Waals surface area contributed by atoms with Crippen molar-refractivity contribution in [1.29, 1.82) is 0 Å². The zero-order valence-corrected chi connectivity index (χ0v) is 15.4. The van der Waals surface area contributed by atoms with Gasteiger partial charge in [0.1, 0.15) is 11.4 Å². The Morgan fingerprint density at radius 1 is 1.42 bits per heavy atom. The number of carbonyl (C=O) groups excluding carboxylic acids is 2. The summed E-state index contributed by atoms with van der Waals surface area (Å²) in [5.41, 5.74) is -1.05. The highest BCUT2D eigenvalue weighted by Crippen LogP contribution is 2.27. The van der Waals surface area contributed by atoms with E-state index in [0.717, 1.165) is 12.1 Å². The molecule has 142 valence electrons. The maximum absolute atomic E-state index is 13.8. The van der Waals surface area contributed by atoms with Crippen LogP contribution in [-0.2, 0) is 16.1 Å². The molecule has 1 aromatic rings. The molecule has 0 radical (unpaired) electrons. The molecular weight excluding hydrogens is 367 g/mol. The zero-order valence-electron chi connectivity index (χ0n) is 14.6. The summed E-state index contributed by atoms with van der Waals surface area (Å²) < 4.78 is 19.2. The third kappa shape index (κ3) is 4.85. The maximum Gasteiger partial charge on any atom is 0.410 e. The molecule has 9 heteroatoms. The number of hydrogen-bond acceptors (Lipinski definition) is 4. The Hall–Kier alpha value is -2.35. The number of benzene rings is 1. The number of nitrogens with zero attached hydrogens (tertiary/aromatic N) is 1. The van der Waals surface area contributed by atoms with Gasteiger partial charge in [-0.2, -0.15) is 0 Å². The van der Waals surface area contributed by atoms with Crippen molar-refractivity contribution in [2.24, 2.45) is 0 Å². The first-order valence-corrected chi connectivity index (χ1v) is 8.33. The summed E-state index contributed by atoms with van der Waals surface area (Å²) in [5.74, 6) is -2.39. The van der Waals surface area contributed by atoms with Gasteiger partial charge in [-0.25, -0.2) is 14.0 Å². The SMILES string of the molecule is CC(C)(C)OC(=O)N(Cc1cc(F)cc(C(=O)O)c1Cl)C1CNC(=O)C1. The summed E-state index contributed by atoms with van der Waals surface area (Å²) in [6.45, 7) is 5.11.